The van der Waals surface area contributed by atoms with Crippen LogP contribution in [0.1, 0.15) is 10.4 Å². The van der Waals surface area contributed by atoms with Crippen LogP contribution in [0.15, 0.2) is 18.2 Å². The van der Waals surface area contributed by atoms with Crippen LogP contribution in [0.5, 0.6) is 0 Å². The number of benzene rings is 1. The number of carbonyl (C=O) groups is 2. The molecule has 0 N–H and O–H groups in total. The smallest absolute Gasteiger partial charge is 0.253 e. The lowest BCUT2D eigenvalue weighted by atomic mass is 10.2. The van der Waals surface area contributed by atoms with E-state index >= 15 is 0 Å². The molecule has 0 saturated carbocycles. The Labute approximate surface area is 91.6 Å². The van der Waals surface area contributed by atoms with Gasteiger partial charge < -0.3 is 9.64 Å². The van der Waals surface area contributed by atoms with Gasteiger partial charge in [0.05, 0.1) is 12.2 Å². The second-order valence-corrected chi connectivity index (χ2v) is 3.42. The number of aldehydes is 1. The molecule has 84 valence electrons. The molecular weight excluding hydrogens is 213 g/mol. The van der Waals surface area contributed by atoms with Crippen molar-refractivity contribution in [3.05, 3.63) is 29.6 Å². The van der Waals surface area contributed by atoms with Crippen molar-refractivity contribution in [2.45, 2.75) is 0 Å². The van der Waals surface area contributed by atoms with E-state index in [2.05, 4.69) is 0 Å². The molecule has 4 nitrogen and oxygen atoms in total. The fourth-order valence-electron chi connectivity index (χ4n) is 1.57. The van der Waals surface area contributed by atoms with Crippen molar-refractivity contribution < 1.29 is 18.7 Å². The van der Waals surface area contributed by atoms with E-state index in [0.29, 0.717) is 25.1 Å². The van der Waals surface area contributed by atoms with Crippen molar-refractivity contribution in [3.8, 4) is 0 Å². The highest BCUT2D eigenvalue weighted by Crippen LogP contribution is 2.19. The molecule has 1 aromatic rings. The molecule has 1 aromatic carbocycles. The molecule has 1 fully saturated rings. The molecule has 0 atom stereocenters. The summed E-state index contributed by atoms with van der Waals surface area (Å²) in [5.41, 5.74) is 0.445. The van der Waals surface area contributed by atoms with Gasteiger partial charge in [-0.05, 0) is 18.2 Å². The monoisotopic (exact) mass is 223 g/mol. The Balaban J connectivity index is 2.29. The zero-order valence-electron chi connectivity index (χ0n) is 8.48. The third-order valence-electron chi connectivity index (χ3n) is 2.41. The molecule has 2 rings (SSSR count). The lowest BCUT2D eigenvalue weighted by Crippen LogP contribution is -2.41. The van der Waals surface area contributed by atoms with Gasteiger partial charge in [-0.15, -0.1) is 0 Å². The van der Waals surface area contributed by atoms with Crippen molar-refractivity contribution in [2.75, 3.05) is 24.7 Å². The van der Waals surface area contributed by atoms with E-state index in [0.717, 1.165) is 0 Å². The molecule has 1 aliphatic heterocycles. The van der Waals surface area contributed by atoms with Gasteiger partial charge in [-0.3, -0.25) is 9.59 Å². The van der Waals surface area contributed by atoms with E-state index in [4.69, 9.17) is 4.74 Å². The first-order chi connectivity index (χ1) is 7.72. The Morgan fingerprint density at radius 3 is 2.88 bits per heavy atom. The van der Waals surface area contributed by atoms with Gasteiger partial charge in [-0.25, -0.2) is 4.39 Å². The van der Waals surface area contributed by atoms with Crippen LogP contribution in [0, 0.1) is 5.82 Å². The van der Waals surface area contributed by atoms with E-state index in [-0.39, 0.29) is 18.1 Å². The number of hydrogen-bond donors (Lipinski definition) is 0. The van der Waals surface area contributed by atoms with Gasteiger partial charge in [0.25, 0.3) is 5.91 Å². The van der Waals surface area contributed by atoms with E-state index in [1.54, 1.807) is 6.07 Å². The van der Waals surface area contributed by atoms with Gasteiger partial charge in [0, 0.05) is 12.2 Å². The zero-order valence-corrected chi connectivity index (χ0v) is 8.48. The summed E-state index contributed by atoms with van der Waals surface area (Å²) in [4.78, 5) is 23.4. The SMILES string of the molecule is O=Cc1ccc(N2CCOCC2=O)cc1F. The van der Waals surface area contributed by atoms with Crippen molar-refractivity contribution in [3.63, 3.8) is 0 Å². The maximum absolute atomic E-state index is 13.3. The summed E-state index contributed by atoms with van der Waals surface area (Å²) >= 11 is 0. The highest BCUT2D eigenvalue weighted by Gasteiger charge is 2.20. The Bertz CT molecular complexity index is 433. The normalized spacial score (nSPS) is 16.3. The number of halogens is 1. The van der Waals surface area contributed by atoms with Crippen molar-refractivity contribution >= 4 is 17.9 Å². The molecule has 0 aliphatic carbocycles. The number of anilines is 1. The minimum atomic E-state index is -0.619. The van der Waals surface area contributed by atoms with Gasteiger partial charge in [-0.2, -0.15) is 0 Å². The number of hydrogen-bond acceptors (Lipinski definition) is 3. The highest BCUT2D eigenvalue weighted by atomic mass is 19.1. The fourth-order valence-corrected chi connectivity index (χ4v) is 1.57. The summed E-state index contributed by atoms with van der Waals surface area (Å²) in [6.07, 6.45) is 0.445. The van der Waals surface area contributed by atoms with Crippen LogP contribution in [0.2, 0.25) is 0 Å². The Morgan fingerprint density at radius 1 is 1.44 bits per heavy atom. The summed E-state index contributed by atoms with van der Waals surface area (Å²) in [6, 6.07) is 4.10. The van der Waals surface area contributed by atoms with Crippen LogP contribution in [0.3, 0.4) is 0 Å². The van der Waals surface area contributed by atoms with Crippen LogP contribution in [0.25, 0.3) is 0 Å². The number of carbonyl (C=O) groups excluding carboxylic acids is 2. The molecule has 1 aliphatic rings. The average molecular weight is 223 g/mol. The first-order valence-electron chi connectivity index (χ1n) is 4.85. The predicted molar refractivity (Wildman–Crippen MR) is 55.0 cm³/mol. The van der Waals surface area contributed by atoms with Gasteiger partial charge in [-0.1, -0.05) is 0 Å². The van der Waals surface area contributed by atoms with Crippen molar-refractivity contribution in [2.24, 2.45) is 0 Å². The molecule has 1 heterocycles. The first-order valence-corrected chi connectivity index (χ1v) is 4.85. The summed E-state index contributed by atoms with van der Waals surface area (Å²) in [7, 11) is 0. The summed E-state index contributed by atoms with van der Waals surface area (Å²) in [6.45, 7) is 0.846. The maximum atomic E-state index is 13.3. The molecule has 0 aromatic heterocycles. The Hall–Kier alpha value is -1.75. The molecule has 0 unspecified atom stereocenters. The Morgan fingerprint density at radius 2 is 2.25 bits per heavy atom. The standard InChI is InChI=1S/C11H10FNO3/c12-10-5-9(2-1-8(10)6-14)13-3-4-16-7-11(13)15/h1-2,5-6H,3-4,7H2. The minimum Gasteiger partial charge on any atom is -0.370 e. The van der Waals surface area contributed by atoms with Crippen LogP contribution >= 0.6 is 0 Å². The first kappa shape index (κ1) is 10.8. The fraction of sp³-hybridized carbons (Fsp3) is 0.273. The highest BCUT2D eigenvalue weighted by molar-refractivity contribution is 5.95. The molecule has 1 amide bonds. The second kappa shape index (κ2) is 4.40. The third-order valence-corrected chi connectivity index (χ3v) is 2.41. The summed E-state index contributed by atoms with van der Waals surface area (Å²) in [5, 5.41) is 0. The van der Waals surface area contributed by atoms with Gasteiger partial charge in [0.15, 0.2) is 6.29 Å². The van der Waals surface area contributed by atoms with Crippen LogP contribution in [-0.2, 0) is 9.53 Å². The zero-order chi connectivity index (χ0) is 11.5. The summed E-state index contributed by atoms with van der Waals surface area (Å²) in [5.74, 6) is -0.823. The predicted octanol–water partition coefficient (Wildman–Crippen LogP) is 1.00. The molecule has 0 bridgehead atoms. The van der Waals surface area contributed by atoms with Crippen LogP contribution in [-0.4, -0.2) is 32.0 Å². The van der Waals surface area contributed by atoms with Crippen molar-refractivity contribution in [1.29, 1.82) is 0 Å². The number of ether oxygens (including phenoxy) is 1. The van der Waals surface area contributed by atoms with E-state index in [1.165, 1.54) is 17.0 Å². The van der Waals surface area contributed by atoms with Crippen LogP contribution in [0.4, 0.5) is 10.1 Å². The van der Waals surface area contributed by atoms with Gasteiger partial charge in [0.1, 0.15) is 12.4 Å². The number of rotatable bonds is 2. The Kier molecular flexibility index (Phi) is 2.96. The largest absolute Gasteiger partial charge is 0.370 e. The second-order valence-electron chi connectivity index (χ2n) is 3.42. The van der Waals surface area contributed by atoms with E-state index in [9.17, 15) is 14.0 Å². The molecule has 1 saturated heterocycles. The number of amides is 1. The van der Waals surface area contributed by atoms with Gasteiger partial charge in [0.2, 0.25) is 0 Å². The molecule has 0 radical (unpaired) electrons. The third kappa shape index (κ3) is 1.94. The van der Waals surface area contributed by atoms with Crippen LogP contribution < -0.4 is 4.90 Å². The van der Waals surface area contributed by atoms with E-state index in [1.807, 2.05) is 0 Å². The molecule has 5 heteroatoms. The topological polar surface area (TPSA) is 46.6 Å². The molecule has 16 heavy (non-hydrogen) atoms. The minimum absolute atomic E-state index is 0.00976. The number of morpholine rings is 1. The van der Waals surface area contributed by atoms with Crippen molar-refractivity contribution in [1.82, 2.24) is 0 Å². The quantitative estimate of drug-likeness (QED) is 0.703. The maximum Gasteiger partial charge on any atom is 0.253 e. The average Bonchev–Trinajstić information content (AvgIpc) is 2.29. The van der Waals surface area contributed by atoms with E-state index < -0.39 is 5.82 Å². The molecular formula is C11H10FNO3. The summed E-state index contributed by atoms with van der Waals surface area (Å²) < 4.78 is 18.3. The number of nitrogens with zero attached hydrogens (tertiary/aromatic N) is 1. The van der Waals surface area contributed by atoms with Gasteiger partial charge >= 0.3 is 0 Å². The molecule has 0 spiro atoms. The lowest BCUT2D eigenvalue weighted by molar-refractivity contribution is -0.125. The lowest BCUT2D eigenvalue weighted by Gasteiger charge is -2.26.